The van der Waals surface area contributed by atoms with E-state index in [2.05, 4.69) is 10.6 Å². The first-order chi connectivity index (χ1) is 9.04. The fraction of sp³-hybridized carbons (Fsp3) is 0.0714. The summed E-state index contributed by atoms with van der Waals surface area (Å²) in [4.78, 5) is 11.7. The maximum absolute atomic E-state index is 13.3. The van der Waals surface area contributed by atoms with Gasteiger partial charge in [0.25, 0.3) is 0 Å². The van der Waals surface area contributed by atoms with Gasteiger partial charge in [0.1, 0.15) is 11.6 Å². The van der Waals surface area contributed by atoms with Crippen molar-refractivity contribution in [3.8, 4) is 5.75 Å². The molecule has 0 saturated carbocycles. The average molecular weight is 260 g/mol. The summed E-state index contributed by atoms with van der Waals surface area (Å²) in [5, 5.41) is 14.3. The molecule has 0 aromatic heterocycles. The fourth-order valence-corrected chi connectivity index (χ4v) is 1.55. The molecule has 0 aliphatic carbocycles. The number of amides is 2. The minimum absolute atomic E-state index is 0.0548. The molecule has 5 heteroatoms. The Bertz CT molecular complexity index is 614. The number of aromatic hydroxyl groups is 1. The molecular formula is C14H13FN2O2. The van der Waals surface area contributed by atoms with Gasteiger partial charge in [-0.05, 0) is 36.8 Å². The van der Waals surface area contributed by atoms with Gasteiger partial charge < -0.3 is 15.7 Å². The molecule has 0 spiro atoms. The van der Waals surface area contributed by atoms with Crippen molar-refractivity contribution in [2.45, 2.75) is 6.92 Å². The molecule has 2 aromatic carbocycles. The van der Waals surface area contributed by atoms with E-state index in [9.17, 15) is 14.3 Å². The van der Waals surface area contributed by atoms with Gasteiger partial charge in [-0.2, -0.15) is 0 Å². The third-order valence-electron chi connectivity index (χ3n) is 2.53. The molecule has 0 fully saturated rings. The van der Waals surface area contributed by atoms with Gasteiger partial charge in [0, 0.05) is 17.4 Å². The maximum atomic E-state index is 13.3. The average Bonchev–Trinajstić information content (AvgIpc) is 2.34. The van der Waals surface area contributed by atoms with Crippen LogP contribution in [-0.2, 0) is 0 Å². The summed E-state index contributed by atoms with van der Waals surface area (Å²) in [5.41, 5.74) is 1.32. The number of anilines is 2. The van der Waals surface area contributed by atoms with Gasteiger partial charge in [-0.3, -0.25) is 0 Å². The van der Waals surface area contributed by atoms with Crippen LogP contribution in [0, 0.1) is 12.7 Å². The van der Waals surface area contributed by atoms with Crippen LogP contribution in [0.2, 0.25) is 0 Å². The molecule has 0 saturated heterocycles. The van der Waals surface area contributed by atoms with Gasteiger partial charge in [0.05, 0.1) is 0 Å². The van der Waals surface area contributed by atoms with Gasteiger partial charge >= 0.3 is 6.03 Å². The fourth-order valence-electron chi connectivity index (χ4n) is 1.55. The van der Waals surface area contributed by atoms with Crippen molar-refractivity contribution in [1.29, 1.82) is 0 Å². The summed E-state index contributed by atoms with van der Waals surface area (Å²) in [7, 11) is 0. The zero-order chi connectivity index (χ0) is 13.8. The Morgan fingerprint density at radius 1 is 1.11 bits per heavy atom. The van der Waals surface area contributed by atoms with E-state index in [-0.39, 0.29) is 11.6 Å². The molecule has 2 rings (SSSR count). The minimum Gasteiger partial charge on any atom is -0.508 e. The first-order valence-electron chi connectivity index (χ1n) is 5.68. The highest BCUT2D eigenvalue weighted by Gasteiger charge is 2.05. The number of benzene rings is 2. The van der Waals surface area contributed by atoms with Gasteiger partial charge in [0.15, 0.2) is 0 Å². The van der Waals surface area contributed by atoms with Crippen LogP contribution in [0.4, 0.5) is 20.6 Å². The lowest BCUT2D eigenvalue weighted by Gasteiger charge is -2.08. The summed E-state index contributed by atoms with van der Waals surface area (Å²) in [6.45, 7) is 1.64. The number of carbonyl (C=O) groups is 1. The number of phenols is 1. The van der Waals surface area contributed by atoms with E-state index in [4.69, 9.17) is 0 Å². The Labute approximate surface area is 109 Å². The zero-order valence-electron chi connectivity index (χ0n) is 10.3. The second-order valence-electron chi connectivity index (χ2n) is 4.09. The van der Waals surface area contributed by atoms with Crippen LogP contribution in [0.25, 0.3) is 0 Å². The molecule has 0 heterocycles. The van der Waals surface area contributed by atoms with Gasteiger partial charge in [0.2, 0.25) is 0 Å². The van der Waals surface area contributed by atoms with Crippen LogP contribution >= 0.6 is 0 Å². The Kier molecular flexibility index (Phi) is 3.66. The first-order valence-corrected chi connectivity index (χ1v) is 5.68. The molecule has 0 atom stereocenters. The largest absolute Gasteiger partial charge is 0.508 e. The van der Waals surface area contributed by atoms with Crippen molar-refractivity contribution in [2.24, 2.45) is 0 Å². The van der Waals surface area contributed by atoms with Crippen LogP contribution in [0.1, 0.15) is 5.56 Å². The second-order valence-corrected chi connectivity index (χ2v) is 4.09. The molecule has 3 N–H and O–H groups in total. The van der Waals surface area contributed by atoms with E-state index in [1.165, 1.54) is 18.2 Å². The lowest BCUT2D eigenvalue weighted by Crippen LogP contribution is -2.19. The molecule has 0 bridgehead atoms. The van der Waals surface area contributed by atoms with Gasteiger partial charge in [-0.1, -0.05) is 12.1 Å². The van der Waals surface area contributed by atoms with Crippen LogP contribution in [0.15, 0.2) is 42.5 Å². The quantitative estimate of drug-likeness (QED) is 0.774. The minimum atomic E-state index is -0.506. The standard InChI is InChI=1S/C14H13FN2O2/c1-9-5-6-11(8-13(9)15)17-14(19)16-10-3-2-4-12(18)7-10/h2-8,18H,1H3,(H2,16,17,19). The number of nitrogens with one attached hydrogen (secondary N) is 2. The normalized spacial score (nSPS) is 10.0. The van der Waals surface area contributed by atoms with E-state index >= 15 is 0 Å². The van der Waals surface area contributed by atoms with Crippen molar-refractivity contribution in [3.05, 3.63) is 53.8 Å². The molecular weight excluding hydrogens is 247 g/mol. The third kappa shape index (κ3) is 3.45. The highest BCUT2D eigenvalue weighted by atomic mass is 19.1. The molecule has 0 aliphatic rings. The Morgan fingerprint density at radius 3 is 2.42 bits per heavy atom. The Balaban J connectivity index is 2.03. The van der Waals surface area contributed by atoms with E-state index in [0.717, 1.165) is 0 Å². The molecule has 2 aromatic rings. The number of aryl methyl sites for hydroxylation is 1. The lowest BCUT2D eigenvalue weighted by atomic mass is 10.2. The topological polar surface area (TPSA) is 61.4 Å². The molecule has 4 nitrogen and oxygen atoms in total. The summed E-state index contributed by atoms with van der Waals surface area (Å²) in [5.74, 6) is -0.325. The van der Waals surface area contributed by atoms with E-state index < -0.39 is 6.03 Å². The van der Waals surface area contributed by atoms with Crippen molar-refractivity contribution in [1.82, 2.24) is 0 Å². The number of rotatable bonds is 2. The van der Waals surface area contributed by atoms with Gasteiger partial charge in [-0.15, -0.1) is 0 Å². The molecule has 0 aliphatic heterocycles. The third-order valence-corrected chi connectivity index (χ3v) is 2.53. The number of halogens is 1. The number of urea groups is 1. The number of carbonyl (C=O) groups excluding carboxylic acids is 1. The van der Waals surface area contributed by atoms with Crippen molar-refractivity contribution in [3.63, 3.8) is 0 Å². The predicted octanol–water partition coefficient (Wildman–Crippen LogP) is 3.48. The van der Waals surface area contributed by atoms with Crippen LogP contribution in [0.3, 0.4) is 0 Å². The SMILES string of the molecule is Cc1ccc(NC(=O)Nc2cccc(O)c2)cc1F. The monoisotopic (exact) mass is 260 g/mol. The molecule has 2 amide bonds. The molecule has 19 heavy (non-hydrogen) atoms. The van der Waals surface area contributed by atoms with Crippen LogP contribution in [-0.4, -0.2) is 11.1 Å². The number of phenolic OH excluding ortho intramolecular Hbond substituents is 1. The first kappa shape index (κ1) is 12.9. The Hall–Kier alpha value is -2.56. The van der Waals surface area contributed by atoms with Crippen molar-refractivity contribution in [2.75, 3.05) is 10.6 Å². The highest BCUT2D eigenvalue weighted by Crippen LogP contribution is 2.17. The molecule has 0 radical (unpaired) electrons. The van der Waals surface area contributed by atoms with Crippen LogP contribution < -0.4 is 10.6 Å². The lowest BCUT2D eigenvalue weighted by molar-refractivity contribution is 0.262. The summed E-state index contributed by atoms with van der Waals surface area (Å²) >= 11 is 0. The number of hydrogen-bond acceptors (Lipinski definition) is 2. The van der Waals surface area contributed by atoms with Gasteiger partial charge in [-0.25, -0.2) is 9.18 Å². The highest BCUT2D eigenvalue weighted by molar-refractivity contribution is 5.99. The zero-order valence-corrected chi connectivity index (χ0v) is 10.3. The number of hydrogen-bond donors (Lipinski definition) is 3. The van der Waals surface area contributed by atoms with E-state index in [0.29, 0.717) is 16.9 Å². The molecule has 98 valence electrons. The molecule has 0 unspecified atom stereocenters. The predicted molar refractivity (Wildman–Crippen MR) is 71.9 cm³/mol. The van der Waals surface area contributed by atoms with Crippen molar-refractivity contribution < 1.29 is 14.3 Å². The van der Waals surface area contributed by atoms with Crippen LogP contribution in [0.5, 0.6) is 5.75 Å². The van der Waals surface area contributed by atoms with E-state index in [1.54, 1.807) is 31.2 Å². The smallest absolute Gasteiger partial charge is 0.323 e. The van der Waals surface area contributed by atoms with E-state index in [1.807, 2.05) is 0 Å². The summed E-state index contributed by atoms with van der Waals surface area (Å²) in [6.07, 6.45) is 0. The maximum Gasteiger partial charge on any atom is 0.323 e. The Morgan fingerprint density at radius 2 is 1.79 bits per heavy atom. The second kappa shape index (κ2) is 5.39. The summed E-state index contributed by atoms with van der Waals surface area (Å²) in [6, 6.07) is 10.1. The summed E-state index contributed by atoms with van der Waals surface area (Å²) < 4.78 is 13.3. The van der Waals surface area contributed by atoms with Crippen molar-refractivity contribution >= 4 is 17.4 Å².